The molecule has 0 spiro atoms. The van der Waals surface area contributed by atoms with E-state index in [1.54, 1.807) is 14.2 Å². The highest BCUT2D eigenvalue weighted by atomic mass is 16.5. The Kier molecular flexibility index (Phi) is 5.67. The number of hydrogen-bond donors (Lipinski definition) is 3. The normalized spacial score (nSPS) is 21.9. The molecule has 22 heavy (non-hydrogen) atoms. The van der Waals surface area contributed by atoms with Crippen molar-refractivity contribution >= 4 is 0 Å². The Balaban J connectivity index is 1.97. The van der Waals surface area contributed by atoms with Crippen molar-refractivity contribution in [3.63, 3.8) is 0 Å². The zero-order valence-corrected chi connectivity index (χ0v) is 14.3. The van der Waals surface area contributed by atoms with Crippen LogP contribution in [0.25, 0.3) is 0 Å². The van der Waals surface area contributed by atoms with Crippen molar-refractivity contribution in [1.82, 2.24) is 16.2 Å². The number of hydrazine groups is 1. The maximum Gasteiger partial charge on any atom is 0.161 e. The Morgan fingerprint density at radius 1 is 1.23 bits per heavy atom. The largest absolute Gasteiger partial charge is 0.493 e. The lowest BCUT2D eigenvalue weighted by Gasteiger charge is -2.27. The van der Waals surface area contributed by atoms with Gasteiger partial charge in [0, 0.05) is 37.0 Å². The number of rotatable bonds is 7. The van der Waals surface area contributed by atoms with Gasteiger partial charge in [0.1, 0.15) is 0 Å². The summed E-state index contributed by atoms with van der Waals surface area (Å²) in [6.07, 6.45) is 0. The maximum atomic E-state index is 5.41. The van der Waals surface area contributed by atoms with Gasteiger partial charge in [-0.3, -0.25) is 10.9 Å². The summed E-state index contributed by atoms with van der Waals surface area (Å²) in [7, 11) is 3.34. The molecule has 5 nitrogen and oxygen atoms in total. The highest BCUT2D eigenvalue weighted by Gasteiger charge is 2.25. The van der Waals surface area contributed by atoms with Crippen molar-refractivity contribution in [2.24, 2.45) is 5.92 Å². The van der Waals surface area contributed by atoms with Crippen LogP contribution < -0.4 is 25.6 Å². The fraction of sp³-hybridized carbons (Fsp3) is 0.647. The molecule has 0 amide bonds. The average molecular weight is 307 g/mol. The van der Waals surface area contributed by atoms with Crippen LogP contribution in [0.1, 0.15) is 26.3 Å². The minimum atomic E-state index is 0.0300. The van der Waals surface area contributed by atoms with E-state index in [0.717, 1.165) is 31.1 Å². The van der Waals surface area contributed by atoms with Gasteiger partial charge in [-0.15, -0.1) is 0 Å². The van der Waals surface area contributed by atoms with Crippen LogP contribution in [-0.4, -0.2) is 39.9 Å². The minimum absolute atomic E-state index is 0.0300. The quantitative estimate of drug-likeness (QED) is 0.716. The molecule has 1 fully saturated rings. The second-order valence-corrected chi connectivity index (χ2v) is 6.66. The van der Waals surface area contributed by atoms with Gasteiger partial charge >= 0.3 is 0 Å². The molecule has 1 heterocycles. The second kappa shape index (κ2) is 7.31. The van der Waals surface area contributed by atoms with Crippen molar-refractivity contribution in [3.05, 3.63) is 23.8 Å². The van der Waals surface area contributed by atoms with E-state index in [1.807, 2.05) is 6.07 Å². The minimum Gasteiger partial charge on any atom is -0.493 e. The van der Waals surface area contributed by atoms with Crippen LogP contribution in [0.3, 0.4) is 0 Å². The van der Waals surface area contributed by atoms with Gasteiger partial charge in [0.05, 0.1) is 14.2 Å². The van der Waals surface area contributed by atoms with Crippen LogP contribution in [0.4, 0.5) is 0 Å². The standard InChI is InChI=1S/C17H29N3O2/c1-12-13(10-19-20-12)9-18-11-17(2,3)14-6-7-15(21-4)16(8-14)22-5/h6-8,12-13,18-20H,9-11H2,1-5H3. The van der Waals surface area contributed by atoms with Gasteiger partial charge in [0.15, 0.2) is 11.5 Å². The number of hydrogen-bond acceptors (Lipinski definition) is 5. The molecular weight excluding hydrogens is 278 g/mol. The number of methoxy groups -OCH3 is 2. The Labute approximate surface area is 133 Å². The molecule has 0 radical (unpaired) electrons. The third kappa shape index (κ3) is 3.91. The first kappa shape index (κ1) is 17.1. The molecule has 124 valence electrons. The smallest absolute Gasteiger partial charge is 0.161 e. The Bertz CT molecular complexity index is 491. The molecule has 2 rings (SSSR count). The second-order valence-electron chi connectivity index (χ2n) is 6.66. The number of ether oxygens (including phenoxy) is 2. The molecule has 1 aromatic carbocycles. The van der Waals surface area contributed by atoms with E-state index in [2.05, 4.69) is 49.1 Å². The molecular formula is C17H29N3O2. The van der Waals surface area contributed by atoms with Gasteiger partial charge in [-0.2, -0.15) is 0 Å². The van der Waals surface area contributed by atoms with Crippen LogP contribution in [0.2, 0.25) is 0 Å². The Hall–Kier alpha value is -1.30. The SMILES string of the molecule is COc1ccc(C(C)(C)CNCC2CNNC2C)cc1OC. The van der Waals surface area contributed by atoms with Gasteiger partial charge in [-0.05, 0) is 24.6 Å². The van der Waals surface area contributed by atoms with Crippen molar-refractivity contribution in [2.75, 3.05) is 33.9 Å². The maximum absolute atomic E-state index is 5.41. The molecule has 0 saturated carbocycles. The lowest BCUT2D eigenvalue weighted by Crippen LogP contribution is -2.38. The van der Waals surface area contributed by atoms with Gasteiger partial charge < -0.3 is 14.8 Å². The highest BCUT2D eigenvalue weighted by Crippen LogP contribution is 2.32. The molecule has 1 saturated heterocycles. The van der Waals surface area contributed by atoms with Crippen molar-refractivity contribution in [3.8, 4) is 11.5 Å². The molecule has 2 atom stereocenters. The summed E-state index contributed by atoms with van der Waals surface area (Å²) >= 11 is 0. The van der Waals surface area contributed by atoms with Gasteiger partial charge in [-0.1, -0.05) is 19.9 Å². The van der Waals surface area contributed by atoms with Crippen molar-refractivity contribution in [1.29, 1.82) is 0 Å². The van der Waals surface area contributed by atoms with Crippen molar-refractivity contribution < 1.29 is 9.47 Å². The summed E-state index contributed by atoms with van der Waals surface area (Å²) in [5, 5.41) is 3.61. The van der Waals surface area contributed by atoms with Crippen LogP contribution in [0, 0.1) is 5.92 Å². The summed E-state index contributed by atoms with van der Waals surface area (Å²) in [5.74, 6) is 2.18. The lowest BCUT2D eigenvalue weighted by atomic mass is 9.84. The number of nitrogens with one attached hydrogen (secondary N) is 3. The van der Waals surface area contributed by atoms with E-state index in [1.165, 1.54) is 5.56 Å². The van der Waals surface area contributed by atoms with E-state index in [-0.39, 0.29) is 5.41 Å². The zero-order chi connectivity index (χ0) is 16.2. The first-order valence-corrected chi connectivity index (χ1v) is 7.89. The fourth-order valence-corrected chi connectivity index (χ4v) is 2.82. The highest BCUT2D eigenvalue weighted by molar-refractivity contribution is 5.45. The fourth-order valence-electron chi connectivity index (χ4n) is 2.82. The summed E-state index contributed by atoms with van der Waals surface area (Å²) in [6, 6.07) is 6.67. The van der Waals surface area contributed by atoms with Gasteiger partial charge in [0.2, 0.25) is 0 Å². The molecule has 0 aliphatic carbocycles. The molecule has 5 heteroatoms. The predicted octanol–water partition coefficient (Wildman–Crippen LogP) is 1.68. The molecule has 0 aromatic heterocycles. The average Bonchev–Trinajstić information content (AvgIpc) is 2.91. The monoisotopic (exact) mass is 307 g/mol. The zero-order valence-electron chi connectivity index (χ0n) is 14.3. The molecule has 3 N–H and O–H groups in total. The first-order chi connectivity index (χ1) is 10.5. The number of benzene rings is 1. The van der Waals surface area contributed by atoms with Crippen molar-refractivity contribution in [2.45, 2.75) is 32.2 Å². The Morgan fingerprint density at radius 3 is 2.55 bits per heavy atom. The predicted molar refractivity (Wildman–Crippen MR) is 89.5 cm³/mol. The van der Waals surface area contributed by atoms with Gasteiger partial charge in [-0.25, -0.2) is 0 Å². The van der Waals surface area contributed by atoms with E-state index in [4.69, 9.17) is 9.47 Å². The van der Waals surface area contributed by atoms with E-state index < -0.39 is 0 Å². The molecule has 1 aliphatic rings. The summed E-state index contributed by atoms with van der Waals surface area (Å²) in [5.41, 5.74) is 7.74. The molecule has 1 aromatic rings. The van der Waals surface area contributed by atoms with Crippen LogP contribution in [0.5, 0.6) is 11.5 Å². The van der Waals surface area contributed by atoms with Crippen LogP contribution in [0.15, 0.2) is 18.2 Å². The molecule has 1 aliphatic heterocycles. The summed E-state index contributed by atoms with van der Waals surface area (Å²) < 4.78 is 10.7. The van der Waals surface area contributed by atoms with E-state index >= 15 is 0 Å². The van der Waals surface area contributed by atoms with E-state index in [9.17, 15) is 0 Å². The lowest BCUT2D eigenvalue weighted by molar-refractivity contribution is 0.352. The van der Waals surface area contributed by atoms with Crippen LogP contribution in [-0.2, 0) is 5.41 Å². The third-order valence-electron chi connectivity index (χ3n) is 4.54. The molecule has 0 bridgehead atoms. The van der Waals surface area contributed by atoms with Crippen LogP contribution >= 0.6 is 0 Å². The Morgan fingerprint density at radius 2 is 1.95 bits per heavy atom. The molecule has 2 unspecified atom stereocenters. The van der Waals surface area contributed by atoms with E-state index in [0.29, 0.717) is 12.0 Å². The first-order valence-electron chi connectivity index (χ1n) is 7.89. The summed E-state index contributed by atoms with van der Waals surface area (Å²) in [6.45, 7) is 9.66. The summed E-state index contributed by atoms with van der Waals surface area (Å²) in [4.78, 5) is 0. The third-order valence-corrected chi connectivity index (χ3v) is 4.54. The van der Waals surface area contributed by atoms with Gasteiger partial charge in [0.25, 0.3) is 0 Å². The topological polar surface area (TPSA) is 54.5 Å².